The van der Waals surface area contributed by atoms with Gasteiger partial charge in [-0.05, 0) is 56.7 Å². The zero-order valence-electron chi connectivity index (χ0n) is 22.7. The van der Waals surface area contributed by atoms with Crippen molar-refractivity contribution >= 4 is 11.7 Å². The highest BCUT2D eigenvalue weighted by molar-refractivity contribution is 5.72. The third-order valence-electron chi connectivity index (χ3n) is 6.75. The van der Waals surface area contributed by atoms with Crippen LogP contribution in [0.2, 0.25) is 0 Å². The molecule has 38 heavy (non-hydrogen) atoms. The first-order chi connectivity index (χ1) is 17.9. The number of aromatic amines is 1. The Kier molecular flexibility index (Phi) is 6.36. The van der Waals surface area contributed by atoms with E-state index >= 15 is 0 Å². The van der Waals surface area contributed by atoms with E-state index < -0.39 is 5.60 Å². The lowest BCUT2D eigenvalue weighted by Gasteiger charge is -2.33. The van der Waals surface area contributed by atoms with Crippen molar-refractivity contribution in [1.82, 2.24) is 29.7 Å². The summed E-state index contributed by atoms with van der Waals surface area (Å²) in [6.07, 6.45) is 2.71. The Morgan fingerprint density at radius 2 is 1.68 bits per heavy atom. The number of carbonyl (C=O) groups is 1. The molecule has 1 aliphatic heterocycles. The van der Waals surface area contributed by atoms with Crippen LogP contribution in [0.15, 0.2) is 45.7 Å². The van der Waals surface area contributed by atoms with Gasteiger partial charge in [0.05, 0.1) is 11.9 Å². The fourth-order valence-electron chi connectivity index (χ4n) is 4.71. The summed E-state index contributed by atoms with van der Waals surface area (Å²) in [7, 11) is 0. The van der Waals surface area contributed by atoms with Crippen LogP contribution in [0.3, 0.4) is 0 Å². The zero-order valence-corrected chi connectivity index (χ0v) is 22.7. The molecule has 1 fully saturated rings. The molecule has 200 valence electrons. The van der Waals surface area contributed by atoms with Crippen LogP contribution < -0.4 is 5.56 Å². The molecule has 1 saturated heterocycles. The second-order valence-corrected chi connectivity index (χ2v) is 11.9. The highest BCUT2D eigenvalue weighted by Crippen LogP contribution is 2.32. The van der Waals surface area contributed by atoms with Crippen molar-refractivity contribution in [2.24, 2.45) is 0 Å². The maximum absolute atomic E-state index is 12.6. The summed E-state index contributed by atoms with van der Waals surface area (Å²) in [5, 5.41) is 13.0. The van der Waals surface area contributed by atoms with Gasteiger partial charge in [0.25, 0.3) is 11.4 Å². The largest absolute Gasteiger partial charge is 0.444 e. The maximum atomic E-state index is 12.6. The number of nitrogens with zero attached hydrogens (tertiary/aromatic N) is 5. The fourth-order valence-corrected chi connectivity index (χ4v) is 4.71. The number of likely N-dealkylation sites (tertiary alicyclic amines) is 1. The number of piperidine rings is 1. The van der Waals surface area contributed by atoms with E-state index in [1.54, 1.807) is 21.7 Å². The van der Waals surface area contributed by atoms with Crippen molar-refractivity contribution < 1.29 is 13.9 Å². The zero-order chi connectivity index (χ0) is 27.2. The standard InChI is InChI=1S/C28H34N6O4/c1-27(2,3)19-9-7-18(8-10-19)24-31-32-25(37-24)20-16-29-34-21(15-22(35)30-23(20)34)17-11-13-33(14-12-17)26(36)38-28(4,5)6/h7-10,15-17H,11-14H2,1-6H3,(H,30,35). The van der Waals surface area contributed by atoms with Gasteiger partial charge in [-0.15, -0.1) is 10.2 Å². The predicted octanol–water partition coefficient (Wildman–Crippen LogP) is 5.15. The van der Waals surface area contributed by atoms with Gasteiger partial charge >= 0.3 is 6.09 Å². The molecule has 4 aromatic rings. The van der Waals surface area contributed by atoms with Crippen LogP contribution in [0.1, 0.15) is 71.6 Å². The van der Waals surface area contributed by atoms with E-state index in [1.165, 1.54) is 5.56 Å². The summed E-state index contributed by atoms with van der Waals surface area (Å²) < 4.78 is 13.2. The predicted molar refractivity (Wildman–Crippen MR) is 143 cm³/mol. The van der Waals surface area contributed by atoms with Gasteiger partial charge in [0, 0.05) is 30.6 Å². The number of benzene rings is 1. The van der Waals surface area contributed by atoms with Gasteiger partial charge in [-0.3, -0.25) is 4.79 Å². The Labute approximate surface area is 221 Å². The van der Waals surface area contributed by atoms with E-state index in [9.17, 15) is 9.59 Å². The molecule has 5 rings (SSSR count). The second-order valence-electron chi connectivity index (χ2n) is 11.9. The summed E-state index contributed by atoms with van der Waals surface area (Å²) in [5.74, 6) is 0.737. The number of fused-ring (bicyclic) bond motifs is 1. The monoisotopic (exact) mass is 518 g/mol. The highest BCUT2D eigenvalue weighted by Gasteiger charge is 2.29. The minimum absolute atomic E-state index is 0.0472. The highest BCUT2D eigenvalue weighted by atomic mass is 16.6. The van der Waals surface area contributed by atoms with Gasteiger partial charge in [0.2, 0.25) is 5.89 Å². The molecule has 0 saturated carbocycles. The molecule has 10 nitrogen and oxygen atoms in total. The minimum atomic E-state index is -0.539. The number of aromatic nitrogens is 5. The van der Waals surface area contributed by atoms with Gasteiger partial charge in [-0.2, -0.15) is 5.10 Å². The van der Waals surface area contributed by atoms with Crippen molar-refractivity contribution in [2.75, 3.05) is 13.1 Å². The molecule has 1 N–H and O–H groups in total. The Morgan fingerprint density at radius 1 is 1.03 bits per heavy atom. The molecule has 1 aromatic carbocycles. The lowest BCUT2D eigenvalue weighted by Crippen LogP contribution is -2.41. The SMILES string of the molecule is CC(C)(C)OC(=O)N1CCC(c2cc(=O)[nH]c3c(-c4nnc(-c5ccc(C(C)(C)C)cc5)o4)cnn23)CC1. The van der Waals surface area contributed by atoms with Gasteiger partial charge in [0.15, 0.2) is 0 Å². The van der Waals surface area contributed by atoms with Crippen LogP contribution in [-0.2, 0) is 10.2 Å². The van der Waals surface area contributed by atoms with Gasteiger partial charge in [-0.1, -0.05) is 32.9 Å². The molecule has 0 radical (unpaired) electrons. The Morgan fingerprint density at radius 3 is 2.32 bits per heavy atom. The molecular weight excluding hydrogens is 484 g/mol. The Bertz CT molecular complexity index is 1510. The van der Waals surface area contributed by atoms with Crippen LogP contribution in [0.25, 0.3) is 28.6 Å². The minimum Gasteiger partial charge on any atom is -0.444 e. The van der Waals surface area contributed by atoms with Crippen LogP contribution >= 0.6 is 0 Å². The smallest absolute Gasteiger partial charge is 0.410 e. The van der Waals surface area contributed by atoms with Gasteiger partial charge < -0.3 is 19.0 Å². The van der Waals surface area contributed by atoms with Crippen LogP contribution in [0.5, 0.6) is 0 Å². The summed E-state index contributed by atoms with van der Waals surface area (Å²) in [6, 6.07) is 9.64. The van der Waals surface area contributed by atoms with Crippen LogP contribution in [0.4, 0.5) is 4.79 Å². The molecule has 0 bridgehead atoms. The van der Waals surface area contributed by atoms with Crippen LogP contribution in [-0.4, -0.2) is 54.5 Å². The molecule has 0 spiro atoms. The number of hydrogen-bond acceptors (Lipinski definition) is 7. The molecule has 4 heterocycles. The average molecular weight is 519 g/mol. The van der Waals surface area contributed by atoms with E-state index in [0.29, 0.717) is 43.0 Å². The topological polar surface area (TPSA) is 119 Å². The van der Waals surface area contributed by atoms with Gasteiger partial charge in [-0.25, -0.2) is 9.31 Å². The molecule has 0 atom stereocenters. The number of rotatable bonds is 3. The third kappa shape index (κ3) is 5.20. The molecule has 0 aliphatic carbocycles. The van der Waals surface area contributed by atoms with Crippen LogP contribution in [0, 0.1) is 0 Å². The molecule has 1 amide bonds. The van der Waals surface area contributed by atoms with Crippen molar-refractivity contribution in [3.05, 3.63) is 58.1 Å². The lowest BCUT2D eigenvalue weighted by molar-refractivity contribution is 0.0203. The molecule has 10 heteroatoms. The number of amides is 1. The first-order valence-corrected chi connectivity index (χ1v) is 12.9. The first-order valence-electron chi connectivity index (χ1n) is 12.9. The van der Waals surface area contributed by atoms with E-state index in [-0.39, 0.29) is 28.9 Å². The lowest BCUT2D eigenvalue weighted by atomic mass is 9.87. The van der Waals surface area contributed by atoms with Gasteiger partial charge in [0.1, 0.15) is 16.8 Å². The van der Waals surface area contributed by atoms with Crippen molar-refractivity contribution in [3.8, 4) is 22.9 Å². The number of nitrogens with one attached hydrogen (secondary N) is 1. The van der Waals surface area contributed by atoms with Crippen molar-refractivity contribution in [3.63, 3.8) is 0 Å². The second kappa shape index (κ2) is 9.41. The number of carbonyl (C=O) groups excluding carboxylic acids is 1. The molecule has 3 aromatic heterocycles. The average Bonchev–Trinajstić information content (AvgIpc) is 3.49. The first kappa shape index (κ1) is 25.7. The third-order valence-corrected chi connectivity index (χ3v) is 6.75. The molecular formula is C28H34N6O4. The van der Waals surface area contributed by atoms with E-state index in [4.69, 9.17) is 9.15 Å². The molecule has 1 aliphatic rings. The Hall–Kier alpha value is -3.95. The summed E-state index contributed by atoms with van der Waals surface area (Å²) in [5.41, 5.74) is 3.15. The number of ether oxygens (including phenoxy) is 1. The number of hydrogen-bond donors (Lipinski definition) is 1. The van der Waals surface area contributed by atoms with Crippen molar-refractivity contribution in [1.29, 1.82) is 0 Å². The summed E-state index contributed by atoms with van der Waals surface area (Å²) in [6.45, 7) is 13.1. The summed E-state index contributed by atoms with van der Waals surface area (Å²) >= 11 is 0. The normalized spacial score (nSPS) is 15.3. The Balaban J connectivity index is 1.38. The molecule has 0 unspecified atom stereocenters. The maximum Gasteiger partial charge on any atom is 0.410 e. The number of H-pyrrole nitrogens is 1. The van der Waals surface area contributed by atoms with E-state index in [1.807, 2.05) is 32.9 Å². The van der Waals surface area contributed by atoms with E-state index in [0.717, 1.165) is 11.3 Å². The quantitative estimate of drug-likeness (QED) is 0.398. The van der Waals surface area contributed by atoms with Crippen molar-refractivity contribution in [2.45, 2.75) is 71.3 Å². The fraction of sp³-hybridized carbons (Fsp3) is 0.464. The van der Waals surface area contributed by atoms with E-state index in [2.05, 4.69) is 53.2 Å². The summed E-state index contributed by atoms with van der Waals surface area (Å²) in [4.78, 5) is 29.7.